The van der Waals surface area contributed by atoms with Crippen molar-refractivity contribution in [3.05, 3.63) is 29.8 Å². The van der Waals surface area contributed by atoms with Crippen molar-refractivity contribution in [1.29, 1.82) is 0 Å². The van der Waals surface area contributed by atoms with E-state index in [-0.39, 0.29) is 11.2 Å². The summed E-state index contributed by atoms with van der Waals surface area (Å²) < 4.78 is 15.4. The fourth-order valence-electron chi connectivity index (χ4n) is 2.40. The molecule has 1 heterocycles. The van der Waals surface area contributed by atoms with Crippen LogP contribution < -0.4 is 0 Å². The highest BCUT2D eigenvalue weighted by atomic mass is 35.5. The van der Waals surface area contributed by atoms with Gasteiger partial charge in [-0.15, -0.1) is 11.6 Å². The normalized spacial score (nSPS) is 18.3. The first-order valence-corrected chi connectivity index (χ1v) is 6.42. The Labute approximate surface area is 104 Å². The number of rotatable bonds is 2. The summed E-state index contributed by atoms with van der Waals surface area (Å²) in [5, 5.41) is -0.147. The minimum Gasteiger partial charge on any atom is -0.324 e. The third-order valence-electron chi connectivity index (χ3n) is 3.47. The summed E-state index contributed by atoms with van der Waals surface area (Å²) >= 11 is 6.17. The van der Waals surface area contributed by atoms with Crippen molar-refractivity contribution >= 4 is 22.6 Å². The molecular formula is C13H14ClFN2. The zero-order valence-corrected chi connectivity index (χ0v) is 10.4. The van der Waals surface area contributed by atoms with Crippen LogP contribution >= 0.6 is 11.6 Å². The molecule has 0 spiro atoms. The van der Waals surface area contributed by atoms with E-state index >= 15 is 0 Å². The molecule has 0 radical (unpaired) electrons. The van der Waals surface area contributed by atoms with Gasteiger partial charge in [-0.05, 0) is 38.3 Å². The molecule has 1 aromatic heterocycles. The van der Waals surface area contributed by atoms with Crippen LogP contribution in [-0.4, -0.2) is 9.55 Å². The molecule has 2 aromatic rings. The summed E-state index contributed by atoms with van der Waals surface area (Å²) in [6.07, 6.45) is 3.58. The van der Waals surface area contributed by atoms with Crippen LogP contribution in [0.3, 0.4) is 0 Å². The molecule has 2 nitrogen and oxygen atoms in total. The molecule has 1 aliphatic carbocycles. The summed E-state index contributed by atoms with van der Waals surface area (Å²) in [5.74, 6) is 0.613. The zero-order valence-electron chi connectivity index (χ0n) is 9.66. The molecule has 4 heteroatoms. The Morgan fingerprint density at radius 2 is 2.24 bits per heavy atom. The van der Waals surface area contributed by atoms with Gasteiger partial charge in [-0.25, -0.2) is 9.37 Å². The Balaban J connectivity index is 2.23. The maximum absolute atomic E-state index is 13.2. The number of imidazole rings is 1. The van der Waals surface area contributed by atoms with Crippen molar-refractivity contribution in [2.24, 2.45) is 0 Å². The fraction of sp³-hybridized carbons (Fsp3) is 0.462. The van der Waals surface area contributed by atoms with E-state index in [1.165, 1.54) is 31.4 Å². The van der Waals surface area contributed by atoms with E-state index in [0.29, 0.717) is 11.6 Å². The third kappa shape index (κ3) is 1.73. The maximum Gasteiger partial charge on any atom is 0.127 e. The Bertz CT molecular complexity index is 558. The van der Waals surface area contributed by atoms with E-state index in [4.69, 9.17) is 11.6 Å². The van der Waals surface area contributed by atoms with E-state index in [1.54, 1.807) is 6.07 Å². The molecule has 90 valence electrons. The molecule has 1 aromatic carbocycles. The molecule has 1 aliphatic rings. The Hall–Kier alpha value is -1.09. The molecule has 0 bridgehead atoms. The lowest BCUT2D eigenvalue weighted by Crippen LogP contribution is -2.19. The molecule has 0 aliphatic heterocycles. The highest BCUT2D eigenvalue weighted by Gasteiger charge is 2.26. The van der Waals surface area contributed by atoms with Crippen molar-refractivity contribution in [2.75, 3.05) is 0 Å². The molecule has 3 rings (SSSR count). The van der Waals surface area contributed by atoms with Gasteiger partial charge in [0.25, 0.3) is 0 Å². The molecule has 1 unspecified atom stereocenters. The Kier molecular flexibility index (Phi) is 2.58. The van der Waals surface area contributed by atoms with Gasteiger partial charge in [-0.3, -0.25) is 0 Å². The molecule has 17 heavy (non-hydrogen) atoms. The van der Waals surface area contributed by atoms with Crippen molar-refractivity contribution in [3.63, 3.8) is 0 Å². The predicted molar refractivity (Wildman–Crippen MR) is 66.8 cm³/mol. The Morgan fingerprint density at radius 3 is 2.82 bits per heavy atom. The van der Waals surface area contributed by atoms with E-state index in [2.05, 4.69) is 9.55 Å². The van der Waals surface area contributed by atoms with Crippen LogP contribution in [0.15, 0.2) is 18.2 Å². The average molecular weight is 253 g/mol. The van der Waals surface area contributed by atoms with E-state index < -0.39 is 0 Å². The lowest BCUT2D eigenvalue weighted by molar-refractivity contribution is 0.313. The number of benzene rings is 1. The fourth-order valence-corrected chi connectivity index (χ4v) is 2.55. The second-order valence-electron chi connectivity index (χ2n) is 4.67. The van der Waals surface area contributed by atoms with Crippen molar-refractivity contribution in [2.45, 2.75) is 37.6 Å². The molecule has 0 saturated heterocycles. The van der Waals surface area contributed by atoms with Crippen molar-refractivity contribution in [3.8, 4) is 0 Å². The number of fused-ring (bicyclic) bond motifs is 1. The topological polar surface area (TPSA) is 17.8 Å². The molecular weight excluding hydrogens is 239 g/mol. The highest BCUT2D eigenvalue weighted by molar-refractivity contribution is 6.20. The molecule has 1 atom stereocenters. The first-order chi connectivity index (χ1) is 8.16. The van der Waals surface area contributed by atoms with Crippen LogP contribution in [0, 0.1) is 5.82 Å². The minimum absolute atomic E-state index is 0.147. The van der Waals surface area contributed by atoms with Crippen molar-refractivity contribution in [1.82, 2.24) is 9.55 Å². The quantitative estimate of drug-likeness (QED) is 0.733. The first kappa shape index (κ1) is 11.0. The van der Waals surface area contributed by atoms with Gasteiger partial charge in [0.1, 0.15) is 11.6 Å². The largest absolute Gasteiger partial charge is 0.324 e. The second kappa shape index (κ2) is 3.98. The van der Waals surface area contributed by atoms with E-state index in [1.807, 2.05) is 6.92 Å². The van der Waals surface area contributed by atoms with Crippen LogP contribution in [0.4, 0.5) is 4.39 Å². The van der Waals surface area contributed by atoms with Gasteiger partial charge >= 0.3 is 0 Å². The summed E-state index contributed by atoms with van der Waals surface area (Å²) in [4.78, 5) is 4.47. The monoisotopic (exact) mass is 252 g/mol. The average Bonchev–Trinajstić information content (AvgIpc) is 2.54. The van der Waals surface area contributed by atoms with Gasteiger partial charge < -0.3 is 4.57 Å². The number of nitrogens with zero attached hydrogens (tertiary/aromatic N) is 2. The van der Waals surface area contributed by atoms with Gasteiger partial charge in [0.15, 0.2) is 0 Å². The SMILES string of the molecule is CC(Cl)c1nc2cc(F)ccc2n1C1CCC1. The first-order valence-electron chi connectivity index (χ1n) is 5.98. The summed E-state index contributed by atoms with van der Waals surface area (Å²) in [5.41, 5.74) is 1.71. The highest BCUT2D eigenvalue weighted by Crippen LogP contribution is 2.38. The number of hydrogen-bond acceptors (Lipinski definition) is 1. The number of aromatic nitrogens is 2. The lowest BCUT2D eigenvalue weighted by Gasteiger charge is -2.29. The van der Waals surface area contributed by atoms with Crippen LogP contribution in [0.5, 0.6) is 0 Å². The third-order valence-corrected chi connectivity index (χ3v) is 3.67. The van der Waals surface area contributed by atoms with Crippen LogP contribution in [0.2, 0.25) is 0 Å². The molecule has 0 amide bonds. The number of alkyl halides is 1. The van der Waals surface area contributed by atoms with Gasteiger partial charge in [-0.2, -0.15) is 0 Å². The standard InChI is InChI=1S/C13H14ClFN2/c1-8(14)13-16-11-7-9(15)5-6-12(11)17(13)10-3-2-4-10/h5-8,10H,2-4H2,1H3. The van der Waals surface area contributed by atoms with E-state index in [9.17, 15) is 4.39 Å². The maximum atomic E-state index is 13.2. The van der Waals surface area contributed by atoms with Crippen molar-refractivity contribution < 1.29 is 4.39 Å². The molecule has 1 fully saturated rings. The summed E-state index contributed by atoms with van der Waals surface area (Å²) in [6.45, 7) is 1.91. The van der Waals surface area contributed by atoms with Crippen LogP contribution in [-0.2, 0) is 0 Å². The van der Waals surface area contributed by atoms with Crippen LogP contribution in [0.25, 0.3) is 11.0 Å². The molecule has 1 saturated carbocycles. The summed E-state index contributed by atoms with van der Waals surface area (Å²) in [6, 6.07) is 5.26. The minimum atomic E-state index is -0.246. The van der Waals surface area contributed by atoms with E-state index in [0.717, 1.165) is 11.3 Å². The van der Waals surface area contributed by atoms with Gasteiger partial charge in [-0.1, -0.05) is 0 Å². The molecule has 0 N–H and O–H groups in total. The second-order valence-corrected chi connectivity index (χ2v) is 5.33. The lowest BCUT2D eigenvalue weighted by atomic mass is 9.92. The van der Waals surface area contributed by atoms with Gasteiger partial charge in [0.05, 0.1) is 16.4 Å². The predicted octanol–water partition coefficient (Wildman–Crippen LogP) is 4.20. The van der Waals surface area contributed by atoms with Crippen LogP contribution in [0.1, 0.15) is 43.4 Å². The zero-order chi connectivity index (χ0) is 12.0. The Morgan fingerprint density at radius 1 is 1.47 bits per heavy atom. The summed E-state index contributed by atoms with van der Waals surface area (Å²) in [7, 11) is 0. The number of hydrogen-bond donors (Lipinski definition) is 0. The van der Waals surface area contributed by atoms with Gasteiger partial charge in [0.2, 0.25) is 0 Å². The van der Waals surface area contributed by atoms with Gasteiger partial charge in [0, 0.05) is 12.1 Å². The number of halogens is 2. The smallest absolute Gasteiger partial charge is 0.127 e.